The molecule has 0 aliphatic carbocycles. The molecule has 2 saturated heterocycles. The molecule has 0 bridgehead atoms. The Morgan fingerprint density at radius 3 is 2.60 bits per heavy atom. The average Bonchev–Trinajstić information content (AvgIpc) is 3.04. The van der Waals surface area contributed by atoms with Crippen LogP contribution in [0.15, 0.2) is 0 Å². The minimum absolute atomic E-state index is 0.239. The summed E-state index contributed by atoms with van der Waals surface area (Å²) in [7, 11) is 0. The number of aromatic nitrogens is 2. The van der Waals surface area contributed by atoms with Crippen molar-refractivity contribution in [2.75, 3.05) is 32.0 Å². The molecular weight excluding hydrogens is 340 g/mol. The molecule has 2 aliphatic rings. The van der Waals surface area contributed by atoms with Gasteiger partial charge in [0.05, 0.1) is 0 Å². The van der Waals surface area contributed by atoms with Crippen LogP contribution in [-0.2, 0) is 9.53 Å². The Kier molecular flexibility index (Phi) is 8.05. The van der Waals surface area contributed by atoms with Crippen molar-refractivity contribution in [1.82, 2.24) is 14.3 Å². The Morgan fingerprint density at radius 1 is 1.36 bits per heavy atom. The first kappa shape index (κ1) is 20.1. The summed E-state index contributed by atoms with van der Waals surface area (Å²) in [6, 6.07) is -0.239. The van der Waals surface area contributed by atoms with Gasteiger partial charge in [0.15, 0.2) is 5.13 Å². The number of anilines is 1. The van der Waals surface area contributed by atoms with Gasteiger partial charge in [-0.3, -0.25) is 9.69 Å². The standard InChI is InChI=1S/C12H21NO3.C5H9N3S/c14-12(15)11-3-1-2-6-13(11)9-10-4-7-16-8-5-10;1-3(2)4-7-5(6)9-8-4/h10-11H,1-9H2,(H,14,15);3H,1-2H3,(H2,6,7,8)/t11-;/m0./s1. The Morgan fingerprint density at radius 2 is 2.08 bits per heavy atom. The molecule has 0 radical (unpaired) electrons. The summed E-state index contributed by atoms with van der Waals surface area (Å²) in [5, 5.41) is 9.73. The van der Waals surface area contributed by atoms with E-state index in [9.17, 15) is 9.90 Å². The van der Waals surface area contributed by atoms with E-state index in [1.165, 1.54) is 11.5 Å². The maximum Gasteiger partial charge on any atom is 0.320 e. The maximum atomic E-state index is 11.1. The van der Waals surface area contributed by atoms with Gasteiger partial charge in [0.25, 0.3) is 0 Å². The fraction of sp³-hybridized carbons (Fsp3) is 0.824. The van der Waals surface area contributed by atoms with Crippen LogP contribution in [-0.4, -0.2) is 57.7 Å². The van der Waals surface area contributed by atoms with Crippen molar-refractivity contribution < 1.29 is 14.6 Å². The molecule has 142 valence electrons. The lowest BCUT2D eigenvalue weighted by atomic mass is 9.95. The first-order valence-corrected chi connectivity index (χ1v) is 9.88. The van der Waals surface area contributed by atoms with Crippen molar-refractivity contribution in [3.63, 3.8) is 0 Å². The first-order valence-electron chi connectivity index (χ1n) is 9.11. The Balaban J connectivity index is 0.000000212. The molecular formula is C17H30N4O3S. The molecule has 3 N–H and O–H groups in total. The number of hydrogen-bond acceptors (Lipinski definition) is 7. The summed E-state index contributed by atoms with van der Waals surface area (Å²) in [6.07, 6.45) is 5.19. The van der Waals surface area contributed by atoms with Crippen molar-refractivity contribution in [3.05, 3.63) is 5.82 Å². The summed E-state index contributed by atoms with van der Waals surface area (Å²) < 4.78 is 9.35. The van der Waals surface area contributed by atoms with Crippen molar-refractivity contribution in [1.29, 1.82) is 0 Å². The zero-order chi connectivity index (χ0) is 18.2. The van der Waals surface area contributed by atoms with Crippen LogP contribution in [0.25, 0.3) is 0 Å². The van der Waals surface area contributed by atoms with E-state index < -0.39 is 5.97 Å². The van der Waals surface area contributed by atoms with Crippen molar-refractivity contribution >= 4 is 22.6 Å². The number of nitrogens with zero attached hydrogens (tertiary/aromatic N) is 3. The van der Waals surface area contributed by atoms with Gasteiger partial charge < -0.3 is 15.6 Å². The smallest absolute Gasteiger partial charge is 0.320 e. The number of hydrogen-bond donors (Lipinski definition) is 2. The van der Waals surface area contributed by atoms with Crippen LogP contribution in [0.5, 0.6) is 0 Å². The van der Waals surface area contributed by atoms with E-state index >= 15 is 0 Å². The number of carbonyl (C=O) groups is 1. The third-order valence-electron chi connectivity index (χ3n) is 4.71. The normalized spacial score (nSPS) is 22.4. The molecule has 8 heteroatoms. The molecule has 7 nitrogen and oxygen atoms in total. The van der Waals surface area contributed by atoms with Gasteiger partial charge in [-0.15, -0.1) is 0 Å². The van der Waals surface area contributed by atoms with E-state index in [2.05, 4.69) is 14.3 Å². The highest BCUT2D eigenvalue weighted by Gasteiger charge is 2.30. The summed E-state index contributed by atoms with van der Waals surface area (Å²) in [6.45, 7) is 7.67. The average molecular weight is 371 g/mol. The van der Waals surface area contributed by atoms with Crippen molar-refractivity contribution in [2.45, 2.75) is 57.9 Å². The van der Waals surface area contributed by atoms with Crippen molar-refractivity contribution in [3.8, 4) is 0 Å². The Labute approximate surface area is 153 Å². The van der Waals surface area contributed by atoms with Crippen molar-refractivity contribution in [2.24, 2.45) is 5.92 Å². The third kappa shape index (κ3) is 6.52. The van der Waals surface area contributed by atoms with E-state index in [-0.39, 0.29) is 6.04 Å². The molecule has 0 saturated carbocycles. The van der Waals surface area contributed by atoms with Gasteiger partial charge in [-0.1, -0.05) is 20.3 Å². The van der Waals surface area contributed by atoms with Gasteiger partial charge in [0.1, 0.15) is 11.9 Å². The second kappa shape index (κ2) is 10.0. The quantitative estimate of drug-likeness (QED) is 0.840. The minimum Gasteiger partial charge on any atom is -0.480 e. The minimum atomic E-state index is -0.647. The van der Waals surface area contributed by atoms with Gasteiger partial charge in [0.2, 0.25) is 0 Å². The predicted octanol–water partition coefficient (Wildman–Crippen LogP) is 2.60. The summed E-state index contributed by atoms with van der Waals surface area (Å²) in [5.41, 5.74) is 5.36. The number of rotatable bonds is 4. The van der Waals surface area contributed by atoms with E-state index in [1.807, 2.05) is 13.8 Å². The van der Waals surface area contributed by atoms with Gasteiger partial charge in [-0.05, 0) is 38.1 Å². The SMILES string of the molecule is CC(C)c1nsc(N)n1.O=C(O)[C@@H]1CCCCN1CC1CCOCC1. The Hall–Kier alpha value is -1.25. The number of nitrogens with two attached hydrogens (primary N) is 1. The van der Waals surface area contributed by atoms with Gasteiger partial charge in [-0.25, -0.2) is 4.98 Å². The molecule has 3 heterocycles. The number of aliphatic carboxylic acids is 1. The van der Waals surface area contributed by atoms with Crippen LogP contribution in [0.2, 0.25) is 0 Å². The fourth-order valence-corrected chi connectivity index (χ4v) is 3.80. The molecule has 2 aliphatic heterocycles. The zero-order valence-corrected chi connectivity index (χ0v) is 16.0. The number of ether oxygens (including phenoxy) is 1. The maximum absolute atomic E-state index is 11.1. The number of nitrogen functional groups attached to an aromatic ring is 1. The van der Waals surface area contributed by atoms with E-state index in [0.29, 0.717) is 17.0 Å². The monoisotopic (exact) mass is 370 g/mol. The molecule has 0 amide bonds. The molecule has 2 fully saturated rings. The fourth-order valence-electron chi connectivity index (χ4n) is 3.23. The second-order valence-electron chi connectivity index (χ2n) is 7.05. The van der Waals surface area contributed by atoms with Crippen LogP contribution < -0.4 is 5.73 Å². The highest BCUT2D eigenvalue weighted by molar-refractivity contribution is 7.09. The second-order valence-corrected chi connectivity index (χ2v) is 7.83. The summed E-state index contributed by atoms with van der Waals surface area (Å²) >= 11 is 1.25. The summed E-state index contributed by atoms with van der Waals surface area (Å²) in [5.74, 6) is 1.22. The van der Waals surface area contributed by atoms with Crippen LogP contribution >= 0.6 is 11.5 Å². The molecule has 3 rings (SSSR count). The third-order valence-corrected chi connectivity index (χ3v) is 5.26. The van der Waals surface area contributed by atoms with Crippen LogP contribution in [0, 0.1) is 5.92 Å². The number of carboxylic acids is 1. The lowest BCUT2D eigenvalue weighted by Gasteiger charge is -2.36. The van der Waals surface area contributed by atoms with Crippen LogP contribution in [0.3, 0.4) is 0 Å². The van der Waals surface area contributed by atoms with Gasteiger partial charge in [0, 0.05) is 37.2 Å². The number of likely N-dealkylation sites (tertiary alicyclic amines) is 1. The lowest BCUT2D eigenvalue weighted by molar-refractivity contribution is -0.145. The topological polar surface area (TPSA) is 102 Å². The predicted molar refractivity (Wildman–Crippen MR) is 98.8 cm³/mol. The van der Waals surface area contributed by atoms with E-state index in [1.54, 1.807) is 0 Å². The molecule has 0 spiro atoms. The van der Waals surface area contributed by atoms with Gasteiger partial charge >= 0.3 is 5.97 Å². The molecule has 1 aromatic heterocycles. The van der Waals surface area contributed by atoms with E-state index in [0.717, 1.165) is 64.2 Å². The number of carboxylic acid groups (broad SMARTS) is 1. The highest BCUT2D eigenvalue weighted by atomic mass is 32.1. The van der Waals surface area contributed by atoms with Crippen LogP contribution in [0.4, 0.5) is 5.13 Å². The Bertz CT molecular complexity index is 532. The van der Waals surface area contributed by atoms with Gasteiger partial charge in [-0.2, -0.15) is 4.37 Å². The highest BCUT2D eigenvalue weighted by Crippen LogP contribution is 2.22. The molecule has 25 heavy (non-hydrogen) atoms. The molecule has 0 aromatic carbocycles. The molecule has 1 aromatic rings. The zero-order valence-electron chi connectivity index (χ0n) is 15.2. The summed E-state index contributed by atoms with van der Waals surface area (Å²) in [4.78, 5) is 17.3. The van der Waals surface area contributed by atoms with Crippen LogP contribution in [0.1, 0.15) is 57.7 Å². The largest absolute Gasteiger partial charge is 0.480 e. The molecule has 1 atom stereocenters. The molecule has 0 unspecified atom stereocenters. The van der Waals surface area contributed by atoms with E-state index in [4.69, 9.17) is 10.5 Å². The number of piperidine rings is 1. The first-order chi connectivity index (χ1) is 12.0. The lowest BCUT2D eigenvalue weighted by Crippen LogP contribution is -2.47.